The highest BCUT2D eigenvalue weighted by molar-refractivity contribution is 7.97. The summed E-state index contributed by atoms with van der Waals surface area (Å²) >= 11 is 8.01. The van der Waals surface area contributed by atoms with Crippen LogP contribution >= 0.6 is 23.5 Å². The maximum Gasteiger partial charge on any atom is 0.123 e. The van der Waals surface area contributed by atoms with Crippen LogP contribution in [0.3, 0.4) is 0 Å². The fourth-order valence-electron chi connectivity index (χ4n) is 5.01. The van der Waals surface area contributed by atoms with Gasteiger partial charge in [-0.25, -0.2) is 4.31 Å². The van der Waals surface area contributed by atoms with Crippen LogP contribution in [0.4, 0.5) is 0 Å². The number of para-hydroxylation sites is 1. The molecule has 0 aromatic heterocycles. The van der Waals surface area contributed by atoms with Crippen molar-refractivity contribution < 1.29 is 4.74 Å². The number of ether oxygens (including phenoxy) is 1. The van der Waals surface area contributed by atoms with Gasteiger partial charge in [-0.15, -0.1) is 0 Å². The van der Waals surface area contributed by atoms with E-state index in [0.29, 0.717) is 6.04 Å². The van der Waals surface area contributed by atoms with E-state index in [2.05, 4.69) is 45.6 Å². The number of hydrogen-bond donors (Lipinski definition) is 0. The summed E-state index contributed by atoms with van der Waals surface area (Å²) in [5.74, 6) is 1.05. The molecule has 0 spiro atoms. The highest BCUT2D eigenvalue weighted by atomic mass is 35.5. The molecule has 0 bridgehead atoms. The molecule has 0 amide bonds. The molecule has 3 nitrogen and oxygen atoms in total. The van der Waals surface area contributed by atoms with Crippen LogP contribution in [0.1, 0.15) is 69.8 Å². The van der Waals surface area contributed by atoms with Gasteiger partial charge >= 0.3 is 0 Å². The van der Waals surface area contributed by atoms with E-state index in [-0.39, 0.29) is 0 Å². The zero-order valence-corrected chi connectivity index (χ0v) is 21.5. The Morgan fingerprint density at radius 2 is 1.58 bits per heavy atom. The molecule has 1 heterocycles. The van der Waals surface area contributed by atoms with Gasteiger partial charge in [0.1, 0.15) is 5.75 Å². The lowest BCUT2D eigenvalue weighted by molar-refractivity contribution is 0.204. The van der Waals surface area contributed by atoms with Crippen molar-refractivity contribution in [1.29, 1.82) is 0 Å². The van der Waals surface area contributed by atoms with Gasteiger partial charge in [-0.3, -0.25) is 0 Å². The van der Waals surface area contributed by atoms with Crippen molar-refractivity contribution in [2.45, 2.75) is 81.7 Å². The zero-order chi connectivity index (χ0) is 22.7. The van der Waals surface area contributed by atoms with Crippen molar-refractivity contribution in [3.8, 4) is 5.75 Å². The van der Waals surface area contributed by atoms with E-state index in [1.807, 2.05) is 24.1 Å². The summed E-state index contributed by atoms with van der Waals surface area (Å²) in [5.41, 5.74) is 1.29. The topological polar surface area (TPSA) is 15.7 Å². The van der Waals surface area contributed by atoms with Gasteiger partial charge in [0.25, 0.3) is 0 Å². The lowest BCUT2D eigenvalue weighted by Gasteiger charge is -2.30. The lowest BCUT2D eigenvalue weighted by atomic mass is 10.1. The summed E-state index contributed by atoms with van der Waals surface area (Å²) < 4.78 is 8.93. The average molecular weight is 487 g/mol. The first-order valence-corrected chi connectivity index (χ1v) is 14.1. The first kappa shape index (κ1) is 24.9. The molecular weight excluding hydrogens is 448 g/mol. The van der Waals surface area contributed by atoms with Gasteiger partial charge in [-0.1, -0.05) is 61.9 Å². The Morgan fingerprint density at radius 3 is 2.33 bits per heavy atom. The molecule has 0 unspecified atom stereocenters. The van der Waals surface area contributed by atoms with Crippen LogP contribution in [-0.2, 0) is 6.54 Å². The quantitative estimate of drug-likeness (QED) is 0.193. The maximum atomic E-state index is 6.33. The molecule has 1 saturated carbocycles. The molecule has 2 aromatic carbocycles. The van der Waals surface area contributed by atoms with Crippen molar-refractivity contribution in [2.24, 2.45) is 0 Å². The molecule has 0 radical (unpaired) electrons. The van der Waals surface area contributed by atoms with Crippen molar-refractivity contribution in [3.63, 3.8) is 0 Å². The third kappa shape index (κ3) is 8.20. The largest absolute Gasteiger partial charge is 0.493 e. The number of piperidine rings is 1. The van der Waals surface area contributed by atoms with Crippen molar-refractivity contribution in [3.05, 3.63) is 59.1 Å². The van der Waals surface area contributed by atoms with Crippen LogP contribution in [0.5, 0.6) is 5.75 Å². The molecule has 0 atom stereocenters. The Bertz CT molecular complexity index is 817. The number of nitrogens with zero attached hydrogens (tertiary/aromatic N) is 2. The van der Waals surface area contributed by atoms with Crippen LogP contribution < -0.4 is 4.74 Å². The Kier molecular flexibility index (Phi) is 10.3. The van der Waals surface area contributed by atoms with Crippen LogP contribution in [-0.4, -0.2) is 41.5 Å². The number of benzene rings is 2. The molecule has 1 aliphatic carbocycles. The summed E-state index contributed by atoms with van der Waals surface area (Å²) in [4.78, 5) is 3.85. The Morgan fingerprint density at radius 1 is 0.879 bits per heavy atom. The minimum absolute atomic E-state index is 0.598. The van der Waals surface area contributed by atoms with E-state index >= 15 is 0 Å². The van der Waals surface area contributed by atoms with Crippen LogP contribution in [0.2, 0.25) is 5.02 Å². The van der Waals surface area contributed by atoms with Crippen molar-refractivity contribution >= 4 is 23.5 Å². The Hall–Kier alpha value is -1.20. The first-order valence-electron chi connectivity index (χ1n) is 12.9. The molecule has 5 heteroatoms. The van der Waals surface area contributed by atoms with Gasteiger partial charge in [0, 0.05) is 34.6 Å². The minimum atomic E-state index is 0.598. The number of halogens is 1. The van der Waals surface area contributed by atoms with Gasteiger partial charge in [0.2, 0.25) is 0 Å². The molecule has 180 valence electrons. The molecule has 2 aromatic rings. The second-order valence-electron chi connectivity index (χ2n) is 9.48. The highest BCUT2D eigenvalue weighted by Gasteiger charge is 2.23. The third-order valence-corrected chi connectivity index (χ3v) is 8.29. The van der Waals surface area contributed by atoms with Crippen LogP contribution in [0, 0.1) is 0 Å². The van der Waals surface area contributed by atoms with Gasteiger partial charge in [-0.05, 0) is 87.5 Å². The maximum absolute atomic E-state index is 6.33. The Labute approximate surface area is 210 Å². The average Bonchev–Trinajstić information content (AvgIpc) is 3.14. The van der Waals surface area contributed by atoms with E-state index in [0.717, 1.165) is 36.9 Å². The standard InChI is InChI=1S/C28H39ClN2OS/c29-25-15-17-27(18-16-25)33-31(26-12-4-1-2-5-13-26)23-24-11-6-7-14-28(24)32-22-10-21-30-19-8-3-9-20-30/h6-7,11,14-18,26H,1-5,8-10,12-13,19-23H2. The molecule has 2 fully saturated rings. The minimum Gasteiger partial charge on any atom is -0.493 e. The fourth-order valence-corrected chi connectivity index (χ4v) is 6.23. The molecule has 0 N–H and O–H groups in total. The van der Waals surface area contributed by atoms with E-state index in [9.17, 15) is 0 Å². The lowest BCUT2D eigenvalue weighted by Crippen LogP contribution is -2.31. The summed E-state index contributed by atoms with van der Waals surface area (Å²) in [5, 5.41) is 0.795. The van der Waals surface area contributed by atoms with Gasteiger partial charge < -0.3 is 9.64 Å². The Balaban J connectivity index is 1.39. The summed E-state index contributed by atoms with van der Waals surface area (Å²) in [6, 6.07) is 17.5. The third-order valence-electron chi connectivity index (χ3n) is 6.89. The van der Waals surface area contributed by atoms with E-state index in [1.165, 1.54) is 81.3 Å². The molecule has 1 aliphatic heterocycles. The zero-order valence-electron chi connectivity index (χ0n) is 19.9. The second-order valence-corrected chi connectivity index (χ2v) is 11.0. The molecule has 4 rings (SSSR count). The predicted octanol–water partition coefficient (Wildman–Crippen LogP) is 7.83. The molecule has 1 saturated heterocycles. The SMILES string of the molecule is Clc1ccc(SN(Cc2ccccc2OCCCN2CCCCC2)C2CCCCCC2)cc1. The molecule has 33 heavy (non-hydrogen) atoms. The number of hydrogen-bond acceptors (Lipinski definition) is 4. The summed E-state index contributed by atoms with van der Waals surface area (Å²) in [7, 11) is 0. The van der Waals surface area contributed by atoms with E-state index in [4.69, 9.17) is 16.3 Å². The van der Waals surface area contributed by atoms with E-state index in [1.54, 1.807) is 0 Å². The number of rotatable bonds is 10. The fraction of sp³-hybridized carbons (Fsp3) is 0.571. The van der Waals surface area contributed by atoms with Crippen LogP contribution in [0.25, 0.3) is 0 Å². The summed E-state index contributed by atoms with van der Waals surface area (Å²) in [6.45, 7) is 5.37. The van der Waals surface area contributed by atoms with Gasteiger partial charge in [0.15, 0.2) is 0 Å². The predicted molar refractivity (Wildman–Crippen MR) is 141 cm³/mol. The van der Waals surface area contributed by atoms with Crippen LogP contribution in [0.15, 0.2) is 53.4 Å². The monoisotopic (exact) mass is 486 g/mol. The first-order chi connectivity index (χ1) is 16.3. The van der Waals surface area contributed by atoms with E-state index < -0.39 is 0 Å². The van der Waals surface area contributed by atoms with Gasteiger partial charge in [0.05, 0.1) is 6.61 Å². The van der Waals surface area contributed by atoms with Crippen molar-refractivity contribution in [2.75, 3.05) is 26.2 Å². The summed E-state index contributed by atoms with van der Waals surface area (Å²) in [6.07, 6.45) is 13.1. The molecular formula is C28H39ClN2OS. The molecule has 2 aliphatic rings. The van der Waals surface area contributed by atoms with Gasteiger partial charge in [-0.2, -0.15) is 0 Å². The number of likely N-dealkylation sites (tertiary alicyclic amines) is 1. The second kappa shape index (κ2) is 13.6. The highest BCUT2D eigenvalue weighted by Crippen LogP contribution is 2.34. The normalized spacial score (nSPS) is 18.4. The smallest absolute Gasteiger partial charge is 0.123 e. The van der Waals surface area contributed by atoms with Crippen molar-refractivity contribution in [1.82, 2.24) is 9.21 Å².